The van der Waals surface area contributed by atoms with Crippen LogP contribution in [0, 0.1) is 11.3 Å². The molecule has 6 heteroatoms. The van der Waals surface area contributed by atoms with Gasteiger partial charge in [-0.3, -0.25) is 9.78 Å². The van der Waals surface area contributed by atoms with Gasteiger partial charge < -0.3 is 14.8 Å². The van der Waals surface area contributed by atoms with E-state index in [9.17, 15) is 10.1 Å². The summed E-state index contributed by atoms with van der Waals surface area (Å²) >= 11 is 0. The highest BCUT2D eigenvalue weighted by Crippen LogP contribution is 2.29. The Morgan fingerprint density at radius 1 is 0.882 bits per heavy atom. The molecule has 0 atom stereocenters. The third-order valence-electron chi connectivity index (χ3n) is 4.82. The predicted octanol–water partition coefficient (Wildman–Crippen LogP) is 6.00. The van der Waals surface area contributed by atoms with Gasteiger partial charge in [0.2, 0.25) is 0 Å². The van der Waals surface area contributed by atoms with Crippen LogP contribution in [0.2, 0.25) is 0 Å². The van der Waals surface area contributed by atoms with E-state index in [0.717, 1.165) is 5.56 Å². The monoisotopic (exact) mass is 447 g/mol. The number of nitrogens with one attached hydrogen (secondary N) is 1. The van der Waals surface area contributed by atoms with Gasteiger partial charge in [0.15, 0.2) is 5.75 Å². The number of aromatic nitrogens is 1. The molecule has 4 aromatic rings. The van der Waals surface area contributed by atoms with E-state index in [1.165, 1.54) is 6.08 Å². The fraction of sp³-hybridized carbons (Fsp3) is 0.0357. The summed E-state index contributed by atoms with van der Waals surface area (Å²) in [6, 6.07) is 29.3. The lowest BCUT2D eigenvalue weighted by atomic mass is 10.1. The minimum absolute atomic E-state index is 0.0278. The van der Waals surface area contributed by atoms with Gasteiger partial charge in [0.05, 0.1) is 5.69 Å². The number of hydrogen-bond donors (Lipinski definition) is 1. The van der Waals surface area contributed by atoms with Crippen LogP contribution < -0.4 is 14.8 Å². The molecule has 0 spiro atoms. The Labute approximate surface area is 197 Å². The van der Waals surface area contributed by atoms with Crippen LogP contribution in [-0.4, -0.2) is 10.9 Å². The lowest BCUT2D eigenvalue weighted by Crippen LogP contribution is -2.14. The Hall–Kier alpha value is -4.89. The fourth-order valence-electron chi connectivity index (χ4n) is 3.09. The van der Waals surface area contributed by atoms with Crippen molar-refractivity contribution in [2.45, 2.75) is 6.61 Å². The molecule has 0 aliphatic heterocycles. The van der Waals surface area contributed by atoms with Crippen molar-refractivity contribution >= 4 is 17.7 Å². The van der Waals surface area contributed by atoms with E-state index in [0.29, 0.717) is 35.1 Å². The zero-order valence-electron chi connectivity index (χ0n) is 18.2. The van der Waals surface area contributed by atoms with Gasteiger partial charge in [-0.25, -0.2) is 0 Å². The summed E-state index contributed by atoms with van der Waals surface area (Å²) in [6.07, 6.45) is 4.96. The lowest BCUT2D eigenvalue weighted by molar-refractivity contribution is -0.112. The maximum Gasteiger partial charge on any atom is 0.266 e. The molecule has 0 aliphatic carbocycles. The molecular weight excluding hydrogens is 426 g/mol. The maximum absolute atomic E-state index is 12.8. The second-order valence-electron chi connectivity index (χ2n) is 7.25. The van der Waals surface area contributed by atoms with Crippen LogP contribution in [0.1, 0.15) is 11.1 Å². The molecule has 3 aromatic carbocycles. The topological polar surface area (TPSA) is 84.2 Å². The first-order chi connectivity index (χ1) is 16.7. The van der Waals surface area contributed by atoms with Crippen molar-refractivity contribution < 1.29 is 14.3 Å². The van der Waals surface area contributed by atoms with Crippen molar-refractivity contribution in [1.29, 1.82) is 5.26 Å². The largest absolute Gasteiger partial charge is 0.489 e. The van der Waals surface area contributed by atoms with Crippen molar-refractivity contribution in [3.63, 3.8) is 0 Å². The standard InChI is InChI=1S/C28H21N3O3/c29-19-23(18-21-10-12-24(13-11-21)33-20-22-14-16-30-17-15-22)28(32)31-26-8-4-5-9-27(26)34-25-6-2-1-3-7-25/h1-18H,20H2,(H,31,32). The summed E-state index contributed by atoms with van der Waals surface area (Å²) in [5, 5.41) is 12.3. The number of rotatable bonds is 8. The van der Waals surface area contributed by atoms with Gasteiger partial charge >= 0.3 is 0 Å². The Morgan fingerprint density at radius 3 is 2.32 bits per heavy atom. The number of nitrogens with zero attached hydrogens (tertiary/aromatic N) is 2. The smallest absolute Gasteiger partial charge is 0.266 e. The summed E-state index contributed by atoms with van der Waals surface area (Å²) in [4.78, 5) is 16.8. The van der Waals surface area contributed by atoms with Gasteiger partial charge in [-0.05, 0) is 65.7 Å². The number of benzene rings is 3. The molecule has 34 heavy (non-hydrogen) atoms. The summed E-state index contributed by atoms with van der Waals surface area (Å²) in [6.45, 7) is 0.425. The molecule has 6 nitrogen and oxygen atoms in total. The first-order valence-corrected chi connectivity index (χ1v) is 10.6. The number of nitriles is 1. The van der Waals surface area contributed by atoms with Crippen molar-refractivity contribution in [1.82, 2.24) is 4.98 Å². The van der Waals surface area contributed by atoms with Gasteiger partial charge in [-0.15, -0.1) is 0 Å². The molecule has 0 saturated heterocycles. The first kappa shape index (κ1) is 22.3. The molecule has 0 aliphatic rings. The Morgan fingerprint density at radius 2 is 1.59 bits per heavy atom. The highest BCUT2D eigenvalue weighted by molar-refractivity contribution is 6.10. The predicted molar refractivity (Wildman–Crippen MR) is 130 cm³/mol. The number of anilines is 1. The molecule has 0 saturated carbocycles. The Kier molecular flexibility index (Phi) is 7.29. The molecule has 0 bridgehead atoms. The highest BCUT2D eigenvalue weighted by Gasteiger charge is 2.13. The molecule has 1 N–H and O–H groups in total. The van der Waals surface area contributed by atoms with E-state index in [4.69, 9.17) is 9.47 Å². The maximum atomic E-state index is 12.8. The van der Waals surface area contributed by atoms with Crippen LogP contribution in [-0.2, 0) is 11.4 Å². The molecular formula is C28H21N3O3. The van der Waals surface area contributed by atoms with E-state index in [1.807, 2.05) is 54.6 Å². The first-order valence-electron chi connectivity index (χ1n) is 10.6. The van der Waals surface area contributed by atoms with Gasteiger partial charge in [0.1, 0.15) is 29.7 Å². The van der Waals surface area contributed by atoms with E-state index < -0.39 is 5.91 Å². The average Bonchev–Trinajstić information content (AvgIpc) is 2.89. The normalized spacial score (nSPS) is 10.7. The minimum Gasteiger partial charge on any atom is -0.489 e. The zero-order chi connectivity index (χ0) is 23.6. The molecule has 0 unspecified atom stereocenters. The van der Waals surface area contributed by atoms with Crippen LogP contribution in [0.3, 0.4) is 0 Å². The van der Waals surface area contributed by atoms with E-state index >= 15 is 0 Å². The number of amides is 1. The van der Waals surface area contributed by atoms with Crippen molar-refractivity contribution in [2.75, 3.05) is 5.32 Å². The van der Waals surface area contributed by atoms with Crippen LogP contribution >= 0.6 is 0 Å². The van der Waals surface area contributed by atoms with Crippen LogP contribution in [0.4, 0.5) is 5.69 Å². The summed E-state index contributed by atoms with van der Waals surface area (Å²) < 4.78 is 11.6. The second-order valence-corrected chi connectivity index (χ2v) is 7.25. The zero-order valence-corrected chi connectivity index (χ0v) is 18.2. The van der Waals surface area contributed by atoms with E-state index in [2.05, 4.69) is 10.3 Å². The van der Waals surface area contributed by atoms with Crippen molar-refractivity contribution in [3.05, 3.63) is 120 Å². The number of carbonyl (C=O) groups excluding carboxylic acids is 1. The summed E-state index contributed by atoms with van der Waals surface area (Å²) in [5.74, 6) is 1.29. The van der Waals surface area contributed by atoms with E-state index in [-0.39, 0.29) is 5.57 Å². The minimum atomic E-state index is -0.523. The summed E-state index contributed by atoms with van der Waals surface area (Å²) in [7, 11) is 0. The molecule has 1 aromatic heterocycles. The number of ether oxygens (including phenoxy) is 2. The van der Waals surface area contributed by atoms with Crippen LogP contribution in [0.15, 0.2) is 109 Å². The second kappa shape index (κ2) is 11.1. The molecule has 4 rings (SSSR count). The van der Waals surface area contributed by atoms with Crippen LogP contribution in [0.5, 0.6) is 17.2 Å². The fourth-order valence-corrected chi connectivity index (χ4v) is 3.09. The molecule has 1 heterocycles. The highest BCUT2D eigenvalue weighted by atomic mass is 16.5. The molecule has 0 fully saturated rings. The van der Waals surface area contributed by atoms with Gasteiger partial charge in [-0.2, -0.15) is 5.26 Å². The average molecular weight is 447 g/mol. The van der Waals surface area contributed by atoms with Crippen molar-refractivity contribution in [3.8, 4) is 23.3 Å². The van der Waals surface area contributed by atoms with Crippen molar-refractivity contribution in [2.24, 2.45) is 0 Å². The molecule has 0 radical (unpaired) electrons. The third kappa shape index (κ3) is 6.09. The van der Waals surface area contributed by atoms with Gasteiger partial charge in [-0.1, -0.05) is 42.5 Å². The molecule has 166 valence electrons. The van der Waals surface area contributed by atoms with E-state index in [1.54, 1.807) is 54.9 Å². The van der Waals surface area contributed by atoms with Gasteiger partial charge in [0, 0.05) is 12.4 Å². The SMILES string of the molecule is N#CC(=Cc1ccc(OCc2ccncc2)cc1)C(=O)Nc1ccccc1Oc1ccccc1. The quantitative estimate of drug-likeness (QED) is 0.265. The summed E-state index contributed by atoms with van der Waals surface area (Å²) in [5.41, 5.74) is 2.16. The third-order valence-corrected chi connectivity index (χ3v) is 4.82. The van der Waals surface area contributed by atoms with Gasteiger partial charge in [0.25, 0.3) is 5.91 Å². The Balaban J connectivity index is 1.43. The number of carbonyl (C=O) groups is 1. The lowest BCUT2D eigenvalue weighted by Gasteiger charge is -2.12. The molecule has 1 amide bonds. The number of para-hydroxylation sites is 3. The number of pyridine rings is 1. The Bertz CT molecular complexity index is 1310. The van der Waals surface area contributed by atoms with Crippen LogP contribution in [0.25, 0.3) is 6.08 Å². The number of hydrogen-bond acceptors (Lipinski definition) is 5.